The van der Waals surface area contributed by atoms with Gasteiger partial charge in [-0.1, -0.05) is 0 Å². The van der Waals surface area contributed by atoms with E-state index in [0.29, 0.717) is 18.0 Å². The predicted molar refractivity (Wildman–Crippen MR) is 48.5 cm³/mol. The molecule has 0 fully saturated rings. The van der Waals surface area contributed by atoms with Gasteiger partial charge in [0.2, 0.25) is 0 Å². The first-order valence-corrected chi connectivity index (χ1v) is 3.96. The Morgan fingerprint density at radius 2 is 2.31 bits per heavy atom. The Bertz CT molecular complexity index is 278. The molecule has 0 saturated carbocycles. The fourth-order valence-corrected chi connectivity index (χ4v) is 1.01. The molecule has 0 unspecified atom stereocenters. The van der Waals surface area contributed by atoms with Crippen molar-refractivity contribution >= 4 is 5.69 Å². The van der Waals surface area contributed by atoms with E-state index in [1.807, 2.05) is 0 Å². The zero-order valence-corrected chi connectivity index (χ0v) is 7.38. The second-order valence-electron chi connectivity index (χ2n) is 2.49. The molecule has 13 heavy (non-hydrogen) atoms. The van der Waals surface area contributed by atoms with Gasteiger partial charge >= 0.3 is 0 Å². The summed E-state index contributed by atoms with van der Waals surface area (Å²) in [5.74, 6) is 0.232. The summed E-state index contributed by atoms with van der Waals surface area (Å²) in [6.07, 6.45) is 0. The molecule has 4 heteroatoms. The highest BCUT2D eigenvalue weighted by molar-refractivity contribution is 5.56. The first kappa shape index (κ1) is 9.80. The third-order valence-corrected chi connectivity index (χ3v) is 1.59. The van der Waals surface area contributed by atoms with Gasteiger partial charge in [-0.05, 0) is 12.1 Å². The number of ether oxygens (including phenoxy) is 1. The van der Waals surface area contributed by atoms with E-state index in [1.165, 1.54) is 25.3 Å². The largest absolute Gasteiger partial charge is 0.495 e. The first-order valence-electron chi connectivity index (χ1n) is 3.96. The van der Waals surface area contributed by atoms with Crippen LogP contribution in [0.3, 0.4) is 0 Å². The van der Waals surface area contributed by atoms with Crippen molar-refractivity contribution < 1.29 is 14.2 Å². The summed E-state index contributed by atoms with van der Waals surface area (Å²) in [7, 11) is 1.51. The Kier molecular flexibility index (Phi) is 3.52. The molecule has 3 nitrogen and oxygen atoms in total. The summed E-state index contributed by atoms with van der Waals surface area (Å²) in [4.78, 5) is 0. The topological polar surface area (TPSA) is 41.5 Å². The van der Waals surface area contributed by atoms with Gasteiger partial charge in [-0.15, -0.1) is 0 Å². The van der Waals surface area contributed by atoms with Gasteiger partial charge in [0.1, 0.15) is 11.6 Å². The molecule has 0 heterocycles. The molecule has 0 saturated heterocycles. The molecule has 0 spiro atoms. The van der Waals surface area contributed by atoms with Crippen LogP contribution in [0.2, 0.25) is 0 Å². The minimum Gasteiger partial charge on any atom is -0.495 e. The quantitative estimate of drug-likeness (QED) is 0.741. The lowest BCUT2D eigenvalue weighted by atomic mass is 10.3. The molecule has 0 amide bonds. The van der Waals surface area contributed by atoms with Crippen LogP contribution in [0.1, 0.15) is 0 Å². The van der Waals surface area contributed by atoms with Crippen LogP contribution in [0.4, 0.5) is 10.1 Å². The third kappa shape index (κ3) is 2.59. The minimum atomic E-state index is -0.332. The van der Waals surface area contributed by atoms with Crippen molar-refractivity contribution in [2.45, 2.75) is 0 Å². The van der Waals surface area contributed by atoms with E-state index in [1.54, 1.807) is 0 Å². The number of methoxy groups -OCH3 is 1. The van der Waals surface area contributed by atoms with Gasteiger partial charge in [-0.2, -0.15) is 0 Å². The van der Waals surface area contributed by atoms with Crippen LogP contribution >= 0.6 is 0 Å². The Morgan fingerprint density at radius 3 is 2.92 bits per heavy atom. The van der Waals surface area contributed by atoms with E-state index in [0.717, 1.165) is 0 Å². The molecule has 1 aromatic carbocycles. The van der Waals surface area contributed by atoms with E-state index in [9.17, 15) is 4.39 Å². The fourth-order valence-electron chi connectivity index (χ4n) is 1.01. The summed E-state index contributed by atoms with van der Waals surface area (Å²) < 4.78 is 17.7. The van der Waals surface area contributed by atoms with Gasteiger partial charge < -0.3 is 15.2 Å². The van der Waals surface area contributed by atoms with Crippen LogP contribution in [0, 0.1) is 5.82 Å². The molecule has 1 rings (SSSR count). The summed E-state index contributed by atoms with van der Waals surface area (Å²) in [5, 5.41) is 11.4. The molecule has 0 bridgehead atoms. The molecule has 0 atom stereocenters. The third-order valence-electron chi connectivity index (χ3n) is 1.59. The Balaban J connectivity index is 2.81. The smallest absolute Gasteiger partial charge is 0.142 e. The van der Waals surface area contributed by atoms with Crippen LogP contribution in [0.15, 0.2) is 18.2 Å². The molecular formula is C9H12FNO2. The summed E-state index contributed by atoms with van der Waals surface area (Å²) in [6.45, 7) is 0.374. The van der Waals surface area contributed by atoms with Crippen LogP contribution in [-0.2, 0) is 0 Å². The van der Waals surface area contributed by atoms with E-state index >= 15 is 0 Å². The molecule has 72 valence electrons. The zero-order valence-electron chi connectivity index (χ0n) is 7.38. The monoisotopic (exact) mass is 185 g/mol. The Morgan fingerprint density at radius 1 is 1.54 bits per heavy atom. The number of anilines is 1. The van der Waals surface area contributed by atoms with Crippen LogP contribution in [0.25, 0.3) is 0 Å². The molecular weight excluding hydrogens is 173 g/mol. The highest BCUT2D eigenvalue weighted by atomic mass is 19.1. The highest BCUT2D eigenvalue weighted by Crippen LogP contribution is 2.24. The number of hydrogen-bond donors (Lipinski definition) is 2. The van der Waals surface area contributed by atoms with E-state index in [4.69, 9.17) is 9.84 Å². The maximum atomic E-state index is 12.8. The lowest BCUT2D eigenvalue weighted by molar-refractivity contribution is 0.311. The van der Waals surface area contributed by atoms with Crippen molar-refractivity contribution in [3.05, 3.63) is 24.0 Å². The molecule has 0 aliphatic rings. The standard InChI is InChI=1S/C9H12FNO2/c1-13-9-3-2-7(10)6-8(9)11-4-5-12/h2-3,6,11-12H,4-5H2,1H3. The second-order valence-corrected chi connectivity index (χ2v) is 2.49. The lowest BCUT2D eigenvalue weighted by Crippen LogP contribution is -2.06. The maximum absolute atomic E-state index is 12.8. The molecule has 0 aromatic heterocycles. The molecule has 0 aliphatic heterocycles. The summed E-state index contributed by atoms with van der Waals surface area (Å²) in [6, 6.07) is 4.19. The fraction of sp³-hybridized carbons (Fsp3) is 0.333. The molecule has 0 aliphatic carbocycles. The van der Waals surface area contributed by atoms with Gasteiger partial charge in [0.15, 0.2) is 0 Å². The van der Waals surface area contributed by atoms with Crippen LogP contribution in [0.5, 0.6) is 5.75 Å². The molecule has 0 radical (unpaired) electrons. The number of rotatable bonds is 4. The van der Waals surface area contributed by atoms with Crippen molar-refractivity contribution in [2.75, 3.05) is 25.6 Å². The van der Waals surface area contributed by atoms with Crippen molar-refractivity contribution in [1.29, 1.82) is 0 Å². The number of halogens is 1. The summed E-state index contributed by atoms with van der Waals surface area (Å²) in [5.41, 5.74) is 0.552. The van der Waals surface area contributed by atoms with Crippen molar-refractivity contribution in [1.82, 2.24) is 0 Å². The van der Waals surface area contributed by atoms with Crippen molar-refractivity contribution in [2.24, 2.45) is 0 Å². The molecule has 1 aromatic rings. The van der Waals surface area contributed by atoms with Crippen molar-refractivity contribution in [3.63, 3.8) is 0 Å². The lowest BCUT2D eigenvalue weighted by Gasteiger charge is -2.09. The number of benzene rings is 1. The summed E-state index contributed by atoms with van der Waals surface area (Å²) >= 11 is 0. The van der Waals surface area contributed by atoms with Gasteiger partial charge in [-0.3, -0.25) is 0 Å². The number of hydrogen-bond acceptors (Lipinski definition) is 3. The van der Waals surface area contributed by atoms with E-state index < -0.39 is 0 Å². The van der Waals surface area contributed by atoms with Gasteiger partial charge in [0.05, 0.1) is 19.4 Å². The van der Waals surface area contributed by atoms with E-state index in [2.05, 4.69) is 5.32 Å². The molecule has 2 N–H and O–H groups in total. The average molecular weight is 185 g/mol. The SMILES string of the molecule is COc1ccc(F)cc1NCCO. The van der Waals surface area contributed by atoms with Gasteiger partial charge in [0.25, 0.3) is 0 Å². The van der Waals surface area contributed by atoms with Crippen LogP contribution < -0.4 is 10.1 Å². The first-order chi connectivity index (χ1) is 6.27. The highest BCUT2D eigenvalue weighted by Gasteiger charge is 2.02. The maximum Gasteiger partial charge on any atom is 0.142 e. The normalized spacial score (nSPS) is 9.77. The Hall–Kier alpha value is -1.29. The second kappa shape index (κ2) is 4.67. The number of aliphatic hydroxyl groups is 1. The number of aliphatic hydroxyl groups excluding tert-OH is 1. The Labute approximate surface area is 76.1 Å². The van der Waals surface area contributed by atoms with Gasteiger partial charge in [0, 0.05) is 12.6 Å². The minimum absolute atomic E-state index is 0.000330. The zero-order chi connectivity index (χ0) is 9.68. The number of nitrogens with one attached hydrogen (secondary N) is 1. The van der Waals surface area contributed by atoms with Crippen molar-refractivity contribution in [3.8, 4) is 5.75 Å². The average Bonchev–Trinajstić information content (AvgIpc) is 2.15. The van der Waals surface area contributed by atoms with Gasteiger partial charge in [-0.25, -0.2) is 4.39 Å². The van der Waals surface area contributed by atoms with Crippen LogP contribution in [-0.4, -0.2) is 25.4 Å². The predicted octanol–water partition coefficient (Wildman–Crippen LogP) is 1.24. The van der Waals surface area contributed by atoms with E-state index in [-0.39, 0.29) is 12.4 Å².